The van der Waals surface area contributed by atoms with Crippen molar-refractivity contribution in [3.8, 4) is 0 Å². The number of para-hydroxylation sites is 1. The topological polar surface area (TPSA) is 29.9 Å². The van der Waals surface area contributed by atoms with Gasteiger partial charge in [0.15, 0.2) is 0 Å². The molecule has 0 radical (unpaired) electrons. The van der Waals surface area contributed by atoms with Crippen LogP contribution in [0.4, 0.5) is 0 Å². The van der Waals surface area contributed by atoms with Crippen LogP contribution in [-0.4, -0.2) is 27.6 Å². The number of hydrogen-bond acceptors (Lipinski definition) is 3. The van der Waals surface area contributed by atoms with Crippen molar-refractivity contribution in [1.29, 1.82) is 0 Å². The van der Waals surface area contributed by atoms with Crippen molar-refractivity contribution in [3.63, 3.8) is 0 Å². The maximum absolute atomic E-state index is 4.78. The fourth-order valence-corrected chi connectivity index (χ4v) is 3.46. The van der Waals surface area contributed by atoms with Crippen LogP contribution in [0.15, 0.2) is 18.2 Å². The highest BCUT2D eigenvalue weighted by Crippen LogP contribution is 2.25. The van der Waals surface area contributed by atoms with Gasteiger partial charge >= 0.3 is 0 Å². The van der Waals surface area contributed by atoms with Crippen LogP contribution >= 0.6 is 11.8 Å². The fourth-order valence-electron chi connectivity index (χ4n) is 2.53. The van der Waals surface area contributed by atoms with Gasteiger partial charge in [0.05, 0.1) is 17.1 Å². The molecular formula is C13H17N3S. The maximum atomic E-state index is 4.78. The van der Waals surface area contributed by atoms with E-state index in [-0.39, 0.29) is 0 Å². The largest absolute Gasteiger partial charge is 0.330 e. The lowest BCUT2D eigenvalue weighted by Gasteiger charge is -2.22. The first-order valence-electron chi connectivity index (χ1n) is 6.00. The van der Waals surface area contributed by atoms with E-state index in [4.69, 9.17) is 4.98 Å². The number of aryl methyl sites for hydroxylation is 2. The van der Waals surface area contributed by atoms with Gasteiger partial charge in [-0.2, -0.15) is 11.8 Å². The van der Waals surface area contributed by atoms with E-state index in [1.165, 1.54) is 22.7 Å². The zero-order valence-electron chi connectivity index (χ0n) is 10.2. The number of nitrogens with one attached hydrogen (secondary N) is 1. The number of aromatic nitrogens is 2. The number of hydrogen-bond donors (Lipinski definition) is 1. The Morgan fingerprint density at radius 1 is 1.47 bits per heavy atom. The summed E-state index contributed by atoms with van der Waals surface area (Å²) < 4.78 is 2.24. The predicted octanol–water partition coefficient (Wildman–Crippen LogP) is 2.26. The lowest BCUT2D eigenvalue weighted by molar-refractivity contribution is 0.549. The Morgan fingerprint density at radius 3 is 3.06 bits per heavy atom. The van der Waals surface area contributed by atoms with Crippen molar-refractivity contribution in [3.05, 3.63) is 29.6 Å². The molecule has 0 amide bonds. The smallest absolute Gasteiger partial charge is 0.127 e. The third-order valence-corrected chi connectivity index (χ3v) is 4.43. The normalized spacial score (nSPS) is 20.9. The van der Waals surface area contributed by atoms with E-state index in [9.17, 15) is 0 Å². The minimum absolute atomic E-state index is 0.394. The van der Waals surface area contributed by atoms with E-state index >= 15 is 0 Å². The molecule has 1 atom stereocenters. The van der Waals surface area contributed by atoms with E-state index in [0.717, 1.165) is 17.8 Å². The Morgan fingerprint density at radius 2 is 2.35 bits per heavy atom. The van der Waals surface area contributed by atoms with E-state index in [2.05, 4.69) is 42.1 Å². The van der Waals surface area contributed by atoms with Gasteiger partial charge in [-0.15, -0.1) is 0 Å². The molecule has 1 fully saturated rings. The highest BCUT2D eigenvalue weighted by molar-refractivity contribution is 7.99. The summed E-state index contributed by atoms with van der Waals surface area (Å²) in [6.07, 6.45) is 0. The van der Waals surface area contributed by atoms with Gasteiger partial charge in [-0.05, 0) is 18.6 Å². The summed E-state index contributed by atoms with van der Waals surface area (Å²) in [5.41, 5.74) is 3.67. The summed E-state index contributed by atoms with van der Waals surface area (Å²) >= 11 is 2.00. The van der Waals surface area contributed by atoms with Crippen LogP contribution in [0.5, 0.6) is 0 Å². The van der Waals surface area contributed by atoms with Gasteiger partial charge in [-0.1, -0.05) is 12.1 Å². The monoisotopic (exact) mass is 247 g/mol. The summed E-state index contributed by atoms with van der Waals surface area (Å²) in [5, 5.41) is 3.55. The lowest BCUT2D eigenvalue weighted by Crippen LogP contribution is -2.32. The van der Waals surface area contributed by atoms with Crippen molar-refractivity contribution in [1.82, 2.24) is 14.9 Å². The average molecular weight is 247 g/mol. The second kappa shape index (κ2) is 4.35. The lowest BCUT2D eigenvalue weighted by atomic mass is 10.2. The first kappa shape index (κ1) is 11.1. The average Bonchev–Trinajstić information content (AvgIpc) is 2.69. The summed E-state index contributed by atoms with van der Waals surface area (Å²) in [6, 6.07) is 6.72. The van der Waals surface area contributed by atoms with E-state index in [1.807, 2.05) is 11.8 Å². The quantitative estimate of drug-likeness (QED) is 0.838. The van der Waals surface area contributed by atoms with E-state index in [0.29, 0.717) is 6.04 Å². The van der Waals surface area contributed by atoms with Crippen molar-refractivity contribution in [2.45, 2.75) is 13.0 Å². The van der Waals surface area contributed by atoms with Crippen LogP contribution in [0.2, 0.25) is 0 Å². The minimum Gasteiger partial charge on any atom is -0.330 e. The van der Waals surface area contributed by atoms with Gasteiger partial charge < -0.3 is 9.88 Å². The number of nitrogens with zero attached hydrogens (tertiary/aromatic N) is 2. The SMILES string of the molecule is Cc1cccc2nc(C3CSCCN3)n(C)c12. The van der Waals surface area contributed by atoms with Crippen LogP contribution in [0.3, 0.4) is 0 Å². The minimum atomic E-state index is 0.394. The standard InChI is InChI=1S/C13H17N3S/c1-9-4-3-5-10-12(9)16(2)13(15-10)11-8-17-7-6-14-11/h3-5,11,14H,6-8H2,1-2H3. The molecule has 1 aromatic carbocycles. The molecule has 2 aromatic rings. The second-order valence-electron chi connectivity index (χ2n) is 4.55. The van der Waals surface area contributed by atoms with Crippen LogP contribution in [0.1, 0.15) is 17.4 Å². The highest BCUT2D eigenvalue weighted by atomic mass is 32.2. The van der Waals surface area contributed by atoms with Crippen LogP contribution in [0, 0.1) is 6.92 Å². The zero-order valence-corrected chi connectivity index (χ0v) is 11.0. The maximum Gasteiger partial charge on any atom is 0.127 e. The fraction of sp³-hybridized carbons (Fsp3) is 0.462. The molecule has 90 valence electrons. The van der Waals surface area contributed by atoms with Crippen LogP contribution < -0.4 is 5.32 Å². The molecule has 4 heteroatoms. The molecule has 1 aliphatic heterocycles. The van der Waals surface area contributed by atoms with Crippen LogP contribution in [0.25, 0.3) is 11.0 Å². The number of benzene rings is 1. The van der Waals surface area contributed by atoms with Gasteiger partial charge in [0.2, 0.25) is 0 Å². The summed E-state index contributed by atoms with van der Waals surface area (Å²) in [7, 11) is 2.12. The molecule has 0 spiro atoms. The molecule has 0 bridgehead atoms. The summed E-state index contributed by atoms with van der Waals surface area (Å²) in [5.74, 6) is 3.50. The van der Waals surface area contributed by atoms with Crippen molar-refractivity contribution < 1.29 is 0 Å². The molecule has 3 nitrogen and oxygen atoms in total. The van der Waals surface area contributed by atoms with Crippen molar-refractivity contribution >= 4 is 22.8 Å². The molecule has 17 heavy (non-hydrogen) atoms. The first-order chi connectivity index (χ1) is 8.27. The number of thioether (sulfide) groups is 1. The molecule has 0 saturated carbocycles. The van der Waals surface area contributed by atoms with Crippen molar-refractivity contribution in [2.24, 2.45) is 7.05 Å². The molecular weight excluding hydrogens is 230 g/mol. The summed E-state index contributed by atoms with van der Waals surface area (Å²) in [4.78, 5) is 4.78. The first-order valence-corrected chi connectivity index (χ1v) is 7.16. The van der Waals surface area contributed by atoms with Gasteiger partial charge in [0.1, 0.15) is 5.82 Å². The third-order valence-electron chi connectivity index (χ3n) is 3.36. The number of fused-ring (bicyclic) bond motifs is 1. The Hall–Kier alpha value is -1.00. The Balaban J connectivity index is 2.10. The Kier molecular flexibility index (Phi) is 2.84. The van der Waals surface area contributed by atoms with Gasteiger partial charge in [-0.3, -0.25) is 0 Å². The Labute approximate surface area is 106 Å². The molecule has 3 rings (SSSR count). The van der Waals surface area contributed by atoms with Crippen LogP contribution in [-0.2, 0) is 7.05 Å². The molecule has 1 aromatic heterocycles. The molecule has 1 saturated heterocycles. The van der Waals surface area contributed by atoms with Gasteiger partial charge in [0.25, 0.3) is 0 Å². The second-order valence-corrected chi connectivity index (χ2v) is 5.70. The highest BCUT2D eigenvalue weighted by Gasteiger charge is 2.21. The molecule has 0 aliphatic carbocycles. The zero-order chi connectivity index (χ0) is 11.8. The molecule has 1 N–H and O–H groups in total. The number of rotatable bonds is 1. The van der Waals surface area contributed by atoms with E-state index < -0.39 is 0 Å². The molecule has 1 aliphatic rings. The van der Waals surface area contributed by atoms with Crippen molar-refractivity contribution in [2.75, 3.05) is 18.1 Å². The Bertz CT molecular complexity index is 541. The molecule has 2 heterocycles. The predicted molar refractivity (Wildman–Crippen MR) is 73.5 cm³/mol. The number of imidazole rings is 1. The third kappa shape index (κ3) is 1.85. The van der Waals surface area contributed by atoms with Gasteiger partial charge in [0, 0.05) is 25.1 Å². The van der Waals surface area contributed by atoms with E-state index in [1.54, 1.807) is 0 Å². The van der Waals surface area contributed by atoms with Gasteiger partial charge in [-0.25, -0.2) is 4.98 Å². The molecule has 1 unspecified atom stereocenters. The summed E-state index contributed by atoms with van der Waals surface area (Å²) in [6.45, 7) is 3.23.